The molecule has 2 aromatic rings. The summed E-state index contributed by atoms with van der Waals surface area (Å²) in [6, 6.07) is 11.7. The first-order valence-electron chi connectivity index (χ1n) is 6.51. The van der Waals surface area contributed by atoms with Crippen molar-refractivity contribution in [2.24, 2.45) is 0 Å². The molecular weight excluding hydrogens is 357 g/mol. The summed E-state index contributed by atoms with van der Waals surface area (Å²) < 4.78 is 13.8. The van der Waals surface area contributed by atoms with E-state index in [1.165, 1.54) is 12.1 Å². The minimum Gasteiger partial charge on any atom is -0.322 e. The molecular formula is C16H14BrClFNO. The molecule has 0 bridgehead atoms. The van der Waals surface area contributed by atoms with Gasteiger partial charge in [-0.15, -0.1) is 11.6 Å². The van der Waals surface area contributed by atoms with Gasteiger partial charge in [0, 0.05) is 21.6 Å². The Hall–Kier alpha value is -1.39. The Morgan fingerprint density at radius 2 is 2.05 bits per heavy atom. The number of amides is 1. The van der Waals surface area contributed by atoms with Crippen LogP contribution in [-0.4, -0.2) is 11.8 Å². The van der Waals surface area contributed by atoms with E-state index in [4.69, 9.17) is 11.6 Å². The van der Waals surface area contributed by atoms with Crippen LogP contribution in [0.3, 0.4) is 0 Å². The van der Waals surface area contributed by atoms with Crippen molar-refractivity contribution in [3.63, 3.8) is 0 Å². The van der Waals surface area contributed by atoms with Crippen molar-refractivity contribution in [1.29, 1.82) is 0 Å². The minimum atomic E-state index is -0.453. The lowest BCUT2D eigenvalue weighted by atomic mass is 10.1. The molecule has 0 radical (unpaired) electrons. The maximum atomic E-state index is 13.3. The van der Waals surface area contributed by atoms with Gasteiger partial charge in [-0.1, -0.05) is 28.1 Å². The number of hydrogen-bond acceptors (Lipinski definition) is 1. The zero-order valence-electron chi connectivity index (χ0n) is 11.2. The number of benzene rings is 2. The predicted octanol–water partition coefficient (Wildman–Crippen LogP) is 5.01. The fourth-order valence-electron chi connectivity index (χ4n) is 1.96. The molecule has 2 aromatic carbocycles. The van der Waals surface area contributed by atoms with Crippen LogP contribution in [0.5, 0.6) is 0 Å². The van der Waals surface area contributed by atoms with Crippen LogP contribution >= 0.6 is 27.5 Å². The molecule has 0 aliphatic carbocycles. The number of carbonyl (C=O) groups excluding carboxylic acids is 1. The lowest BCUT2D eigenvalue weighted by Gasteiger charge is -2.08. The van der Waals surface area contributed by atoms with E-state index >= 15 is 0 Å². The highest BCUT2D eigenvalue weighted by Crippen LogP contribution is 2.17. The Morgan fingerprint density at radius 3 is 2.76 bits per heavy atom. The fourth-order valence-corrected chi connectivity index (χ4v) is 2.56. The molecule has 5 heteroatoms. The molecule has 0 saturated carbocycles. The molecule has 0 saturated heterocycles. The van der Waals surface area contributed by atoms with E-state index in [-0.39, 0.29) is 11.5 Å². The third-order valence-electron chi connectivity index (χ3n) is 2.91. The van der Waals surface area contributed by atoms with Gasteiger partial charge in [-0.2, -0.15) is 0 Å². The monoisotopic (exact) mass is 369 g/mol. The molecule has 0 atom stereocenters. The topological polar surface area (TPSA) is 29.1 Å². The molecule has 21 heavy (non-hydrogen) atoms. The molecule has 1 N–H and O–H groups in total. The Kier molecular flexibility index (Phi) is 5.76. The van der Waals surface area contributed by atoms with E-state index in [1.807, 2.05) is 18.2 Å². The van der Waals surface area contributed by atoms with Gasteiger partial charge in [0.05, 0.1) is 0 Å². The summed E-state index contributed by atoms with van der Waals surface area (Å²) in [7, 11) is 0. The first kappa shape index (κ1) is 16.0. The molecule has 0 fully saturated rings. The van der Waals surface area contributed by atoms with E-state index < -0.39 is 5.82 Å². The van der Waals surface area contributed by atoms with Crippen LogP contribution in [0.25, 0.3) is 0 Å². The molecule has 110 valence electrons. The third kappa shape index (κ3) is 4.83. The Bertz CT molecular complexity index is 628. The van der Waals surface area contributed by atoms with E-state index in [1.54, 1.807) is 12.1 Å². The van der Waals surface area contributed by atoms with E-state index in [2.05, 4.69) is 21.2 Å². The number of alkyl halides is 1. The van der Waals surface area contributed by atoms with Crippen molar-refractivity contribution in [2.75, 3.05) is 11.2 Å². The maximum absolute atomic E-state index is 13.3. The number of halogens is 3. The molecule has 0 aliphatic rings. The van der Waals surface area contributed by atoms with Crippen molar-refractivity contribution in [1.82, 2.24) is 0 Å². The number of aryl methyl sites for hydroxylation is 1. The van der Waals surface area contributed by atoms with Crippen LogP contribution in [0.2, 0.25) is 0 Å². The van der Waals surface area contributed by atoms with Gasteiger partial charge in [-0.05, 0) is 48.7 Å². The first-order chi connectivity index (χ1) is 10.1. The number of hydrogen-bond donors (Lipinski definition) is 1. The van der Waals surface area contributed by atoms with Crippen LogP contribution in [0.4, 0.5) is 10.1 Å². The van der Waals surface area contributed by atoms with Crippen LogP contribution in [0.15, 0.2) is 46.9 Å². The van der Waals surface area contributed by atoms with Crippen molar-refractivity contribution in [2.45, 2.75) is 12.8 Å². The minimum absolute atomic E-state index is 0.271. The summed E-state index contributed by atoms with van der Waals surface area (Å²) in [5.74, 6) is -0.191. The van der Waals surface area contributed by atoms with Gasteiger partial charge in [-0.25, -0.2) is 4.39 Å². The summed E-state index contributed by atoms with van der Waals surface area (Å²) in [5.41, 5.74) is 2.06. The lowest BCUT2D eigenvalue weighted by Crippen LogP contribution is -2.12. The average Bonchev–Trinajstić information content (AvgIpc) is 2.44. The van der Waals surface area contributed by atoms with Gasteiger partial charge >= 0.3 is 0 Å². The highest BCUT2D eigenvalue weighted by molar-refractivity contribution is 9.10. The van der Waals surface area contributed by atoms with Crippen LogP contribution in [0.1, 0.15) is 22.3 Å². The van der Waals surface area contributed by atoms with Crippen molar-refractivity contribution < 1.29 is 9.18 Å². The van der Waals surface area contributed by atoms with Gasteiger partial charge in [0.2, 0.25) is 0 Å². The highest BCUT2D eigenvalue weighted by atomic mass is 79.9. The lowest BCUT2D eigenvalue weighted by molar-refractivity contribution is 0.102. The largest absolute Gasteiger partial charge is 0.322 e. The van der Waals surface area contributed by atoms with Gasteiger partial charge in [0.1, 0.15) is 5.82 Å². The van der Waals surface area contributed by atoms with E-state index in [0.717, 1.165) is 18.4 Å². The zero-order chi connectivity index (χ0) is 15.2. The van der Waals surface area contributed by atoms with Crippen LogP contribution in [-0.2, 0) is 6.42 Å². The second kappa shape index (κ2) is 7.57. The zero-order valence-corrected chi connectivity index (χ0v) is 13.5. The highest BCUT2D eigenvalue weighted by Gasteiger charge is 2.09. The average molecular weight is 371 g/mol. The molecule has 1 amide bonds. The Balaban J connectivity index is 2.11. The SMILES string of the molecule is O=C(Nc1cccc(CCCCl)c1)c1cc(F)cc(Br)c1. The second-order valence-electron chi connectivity index (χ2n) is 4.61. The van der Waals surface area contributed by atoms with E-state index in [9.17, 15) is 9.18 Å². The van der Waals surface area contributed by atoms with E-state index in [0.29, 0.717) is 16.0 Å². The molecule has 0 heterocycles. The van der Waals surface area contributed by atoms with Crippen molar-refractivity contribution in [3.8, 4) is 0 Å². The number of nitrogens with one attached hydrogen (secondary N) is 1. The molecule has 0 spiro atoms. The molecule has 0 aromatic heterocycles. The molecule has 2 nitrogen and oxygen atoms in total. The summed E-state index contributed by atoms with van der Waals surface area (Å²) >= 11 is 8.85. The summed E-state index contributed by atoms with van der Waals surface area (Å²) in [6.45, 7) is 0. The van der Waals surface area contributed by atoms with Crippen LogP contribution < -0.4 is 5.32 Å². The Labute approximate surface area is 136 Å². The van der Waals surface area contributed by atoms with Gasteiger partial charge in [0.25, 0.3) is 5.91 Å². The predicted molar refractivity (Wildman–Crippen MR) is 87.5 cm³/mol. The number of carbonyl (C=O) groups is 1. The quantitative estimate of drug-likeness (QED) is 0.736. The van der Waals surface area contributed by atoms with Gasteiger partial charge in [0.15, 0.2) is 0 Å². The number of rotatable bonds is 5. The normalized spacial score (nSPS) is 10.4. The second-order valence-corrected chi connectivity index (χ2v) is 5.90. The molecule has 0 unspecified atom stereocenters. The van der Waals surface area contributed by atoms with Gasteiger partial charge in [-0.3, -0.25) is 4.79 Å². The third-order valence-corrected chi connectivity index (χ3v) is 3.63. The molecule has 2 rings (SSSR count). The Morgan fingerprint density at radius 1 is 1.24 bits per heavy atom. The molecule has 0 aliphatic heterocycles. The summed E-state index contributed by atoms with van der Waals surface area (Å²) in [4.78, 5) is 12.1. The van der Waals surface area contributed by atoms with Crippen molar-refractivity contribution >= 4 is 39.1 Å². The summed E-state index contributed by atoms with van der Waals surface area (Å²) in [5, 5.41) is 2.77. The standard InChI is InChI=1S/C16H14BrClFNO/c17-13-8-12(9-14(19)10-13)16(21)20-15-5-1-3-11(7-15)4-2-6-18/h1,3,5,7-10H,2,4,6H2,(H,20,21). The maximum Gasteiger partial charge on any atom is 0.255 e. The fraction of sp³-hybridized carbons (Fsp3) is 0.188. The first-order valence-corrected chi connectivity index (χ1v) is 7.83. The van der Waals surface area contributed by atoms with Crippen molar-refractivity contribution in [3.05, 3.63) is 63.9 Å². The number of anilines is 1. The smallest absolute Gasteiger partial charge is 0.255 e. The summed E-state index contributed by atoms with van der Waals surface area (Å²) in [6.07, 6.45) is 1.74. The van der Waals surface area contributed by atoms with Gasteiger partial charge < -0.3 is 5.32 Å². The van der Waals surface area contributed by atoms with Crippen LogP contribution in [0, 0.1) is 5.82 Å².